The molecular formula is C13H20F2. The monoisotopic (exact) mass is 214 g/mol. The third-order valence-electron chi connectivity index (χ3n) is 3.18. The van der Waals surface area contributed by atoms with E-state index in [-0.39, 0.29) is 17.8 Å². The van der Waals surface area contributed by atoms with Gasteiger partial charge in [0.2, 0.25) is 0 Å². The number of hydrogen-bond acceptors (Lipinski definition) is 0. The van der Waals surface area contributed by atoms with Crippen molar-refractivity contribution < 1.29 is 8.78 Å². The van der Waals surface area contributed by atoms with E-state index in [1.165, 1.54) is 0 Å². The standard InChI is InChI=1S/C13H20F2/c1-8(2)11-9(3)6-5-7-10(4)12(14)13(11)15/h5,7-11H,6H2,1-4H3/b7-5-,13-12-. The molecule has 0 saturated heterocycles. The Morgan fingerprint density at radius 1 is 1.20 bits per heavy atom. The minimum absolute atomic E-state index is 0.143. The first-order chi connectivity index (χ1) is 6.95. The second kappa shape index (κ2) is 4.91. The topological polar surface area (TPSA) is 0 Å². The summed E-state index contributed by atoms with van der Waals surface area (Å²) < 4.78 is 27.6. The maximum Gasteiger partial charge on any atom is 0.138 e. The van der Waals surface area contributed by atoms with E-state index >= 15 is 0 Å². The van der Waals surface area contributed by atoms with E-state index in [2.05, 4.69) is 0 Å². The molecule has 0 aromatic heterocycles. The Kier molecular flexibility index (Phi) is 4.06. The third kappa shape index (κ3) is 2.67. The minimum Gasteiger partial charge on any atom is -0.209 e. The number of halogens is 2. The van der Waals surface area contributed by atoms with Gasteiger partial charge in [-0.1, -0.05) is 39.8 Å². The van der Waals surface area contributed by atoms with Crippen molar-refractivity contribution in [3.8, 4) is 0 Å². The zero-order chi connectivity index (χ0) is 11.6. The molecule has 0 saturated carbocycles. The zero-order valence-corrected chi connectivity index (χ0v) is 9.93. The van der Waals surface area contributed by atoms with Crippen molar-refractivity contribution in [2.75, 3.05) is 0 Å². The van der Waals surface area contributed by atoms with E-state index < -0.39 is 17.6 Å². The lowest BCUT2D eigenvalue weighted by molar-refractivity contribution is 0.252. The molecular weight excluding hydrogens is 194 g/mol. The molecule has 0 spiro atoms. The Morgan fingerprint density at radius 2 is 1.80 bits per heavy atom. The average Bonchev–Trinajstić information content (AvgIpc) is 2.14. The lowest BCUT2D eigenvalue weighted by Gasteiger charge is -2.27. The average molecular weight is 214 g/mol. The molecule has 0 nitrogen and oxygen atoms in total. The predicted octanol–water partition coefficient (Wildman–Crippen LogP) is 4.64. The predicted molar refractivity (Wildman–Crippen MR) is 59.7 cm³/mol. The van der Waals surface area contributed by atoms with Crippen LogP contribution in [0.1, 0.15) is 34.1 Å². The lowest BCUT2D eigenvalue weighted by atomic mass is 9.79. The Morgan fingerprint density at radius 3 is 2.33 bits per heavy atom. The van der Waals surface area contributed by atoms with E-state index in [0.717, 1.165) is 6.42 Å². The summed E-state index contributed by atoms with van der Waals surface area (Å²) in [5.74, 6) is -1.51. The highest BCUT2D eigenvalue weighted by atomic mass is 19.2. The Hall–Kier alpha value is -0.660. The fourth-order valence-corrected chi connectivity index (χ4v) is 2.30. The van der Waals surface area contributed by atoms with Gasteiger partial charge in [0, 0.05) is 11.8 Å². The van der Waals surface area contributed by atoms with Crippen molar-refractivity contribution in [3.63, 3.8) is 0 Å². The van der Waals surface area contributed by atoms with Gasteiger partial charge in [0.15, 0.2) is 0 Å². The summed E-state index contributed by atoms with van der Waals surface area (Å²) >= 11 is 0. The molecule has 0 heterocycles. The van der Waals surface area contributed by atoms with Crippen LogP contribution in [0, 0.1) is 23.7 Å². The van der Waals surface area contributed by atoms with Gasteiger partial charge in [-0.25, -0.2) is 8.78 Å². The molecule has 1 rings (SSSR count). The fourth-order valence-electron chi connectivity index (χ4n) is 2.30. The summed E-state index contributed by atoms with van der Waals surface area (Å²) in [6, 6.07) is 0. The first kappa shape index (κ1) is 12.4. The smallest absolute Gasteiger partial charge is 0.138 e. The Balaban J connectivity index is 3.07. The molecule has 0 bridgehead atoms. The molecule has 3 atom stereocenters. The van der Waals surface area contributed by atoms with Crippen molar-refractivity contribution in [1.82, 2.24) is 0 Å². The Labute approximate surface area is 91.1 Å². The summed E-state index contributed by atoms with van der Waals surface area (Å²) in [5, 5.41) is 0. The lowest BCUT2D eigenvalue weighted by Crippen LogP contribution is -2.21. The van der Waals surface area contributed by atoms with Crippen molar-refractivity contribution in [2.24, 2.45) is 23.7 Å². The van der Waals surface area contributed by atoms with Crippen LogP contribution in [0.3, 0.4) is 0 Å². The Bertz CT molecular complexity index is 276. The number of allylic oxidation sites excluding steroid dienone is 4. The van der Waals surface area contributed by atoms with Gasteiger partial charge in [-0.05, 0) is 18.3 Å². The van der Waals surface area contributed by atoms with E-state index in [0.29, 0.717) is 0 Å². The van der Waals surface area contributed by atoms with Gasteiger partial charge in [0.1, 0.15) is 11.7 Å². The maximum absolute atomic E-state index is 13.9. The van der Waals surface area contributed by atoms with Crippen LogP contribution >= 0.6 is 0 Å². The highest BCUT2D eigenvalue weighted by Gasteiger charge is 2.29. The zero-order valence-electron chi connectivity index (χ0n) is 9.93. The molecule has 15 heavy (non-hydrogen) atoms. The maximum atomic E-state index is 13.9. The normalized spacial score (nSPS) is 40.1. The van der Waals surface area contributed by atoms with Crippen LogP contribution < -0.4 is 0 Å². The SMILES string of the molecule is CC1/C=C\CC(C)C(C(C)C)/C(F)=C\1F. The van der Waals surface area contributed by atoms with Crippen molar-refractivity contribution >= 4 is 0 Å². The molecule has 0 aliphatic heterocycles. The van der Waals surface area contributed by atoms with Gasteiger partial charge in [-0.2, -0.15) is 0 Å². The first-order valence-corrected chi connectivity index (χ1v) is 5.66. The molecule has 86 valence electrons. The molecule has 0 radical (unpaired) electrons. The second-order valence-corrected chi connectivity index (χ2v) is 4.90. The highest BCUT2D eigenvalue weighted by Crippen LogP contribution is 2.37. The first-order valence-electron chi connectivity index (χ1n) is 5.66. The van der Waals surface area contributed by atoms with Crippen LogP contribution in [0.2, 0.25) is 0 Å². The van der Waals surface area contributed by atoms with Crippen LogP contribution in [0.15, 0.2) is 23.8 Å². The summed E-state index contributed by atoms with van der Waals surface area (Å²) in [6.07, 6.45) is 4.55. The van der Waals surface area contributed by atoms with Crippen LogP contribution in [-0.4, -0.2) is 0 Å². The number of rotatable bonds is 1. The molecule has 1 aliphatic carbocycles. The van der Waals surface area contributed by atoms with Gasteiger partial charge in [0.25, 0.3) is 0 Å². The molecule has 0 aromatic carbocycles. The van der Waals surface area contributed by atoms with Crippen molar-refractivity contribution in [1.29, 1.82) is 0 Å². The van der Waals surface area contributed by atoms with Gasteiger partial charge >= 0.3 is 0 Å². The molecule has 3 unspecified atom stereocenters. The van der Waals surface area contributed by atoms with Gasteiger partial charge in [-0.15, -0.1) is 0 Å². The molecule has 0 fully saturated rings. The van der Waals surface area contributed by atoms with Crippen LogP contribution in [0.4, 0.5) is 8.78 Å². The largest absolute Gasteiger partial charge is 0.209 e. The number of hydrogen-bond donors (Lipinski definition) is 0. The third-order valence-corrected chi connectivity index (χ3v) is 3.18. The molecule has 2 heteroatoms. The van der Waals surface area contributed by atoms with Crippen molar-refractivity contribution in [3.05, 3.63) is 23.8 Å². The second-order valence-electron chi connectivity index (χ2n) is 4.90. The summed E-state index contributed by atoms with van der Waals surface area (Å²) in [6.45, 7) is 7.57. The quantitative estimate of drug-likeness (QED) is 0.558. The van der Waals surface area contributed by atoms with Gasteiger partial charge in [0.05, 0.1) is 0 Å². The van der Waals surface area contributed by atoms with Crippen LogP contribution in [-0.2, 0) is 0 Å². The summed E-state index contributed by atoms with van der Waals surface area (Å²) in [4.78, 5) is 0. The molecule has 1 aliphatic rings. The highest BCUT2D eigenvalue weighted by molar-refractivity contribution is 5.15. The van der Waals surface area contributed by atoms with E-state index in [4.69, 9.17) is 0 Å². The summed E-state index contributed by atoms with van der Waals surface area (Å²) in [7, 11) is 0. The van der Waals surface area contributed by atoms with Crippen molar-refractivity contribution in [2.45, 2.75) is 34.1 Å². The van der Waals surface area contributed by atoms with Crippen LogP contribution in [0.25, 0.3) is 0 Å². The van der Waals surface area contributed by atoms with Gasteiger partial charge < -0.3 is 0 Å². The van der Waals surface area contributed by atoms with E-state index in [1.807, 2.05) is 26.8 Å². The summed E-state index contributed by atoms with van der Waals surface area (Å²) in [5.41, 5.74) is 0. The molecule has 0 N–H and O–H groups in total. The molecule has 0 aromatic rings. The van der Waals surface area contributed by atoms with Crippen LogP contribution in [0.5, 0.6) is 0 Å². The fraction of sp³-hybridized carbons (Fsp3) is 0.692. The van der Waals surface area contributed by atoms with E-state index in [9.17, 15) is 8.78 Å². The van der Waals surface area contributed by atoms with E-state index in [1.54, 1.807) is 13.0 Å². The molecule has 0 amide bonds. The minimum atomic E-state index is -0.587. The van der Waals surface area contributed by atoms with Gasteiger partial charge in [-0.3, -0.25) is 0 Å².